The molecule has 1 N–H and O–H groups in total. The third-order valence-corrected chi connectivity index (χ3v) is 6.44. The maximum absolute atomic E-state index is 11.5. The van der Waals surface area contributed by atoms with Gasteiger partial charge in [0.2, 0.25) is 11.6 Å². The summed E-state index contributed by atoms with van der Waals surface area (Å²) in [5.74, 6) is 1.02. The molecule has 2 aromatic rings. The number of amides is 1. The Kier molecular flexibility index (Phi) is 6.15. The molecule has 6 heteroatoms. The number of hydrogen-bond donors (Lipinski definition) is 1. The Hall–Kier alpha value is -2.08. The van der Waals surface area contributed by atoms with Crippen molar-refractivity contribution in [3.05, 3.63) is 24.6 Å². The number of piperazine rings is 1. The van der Waals surface area contributed by atoms with Crippen molar-refractivity contribution in [1.29, 1.82) is 0 Å². The maximum Gasteiger partial charge on any atom is 0.227 e. The number of aromatic nitrogens is 1. The zero-order valence-electron chi connectivity index (χ0n) is 16.9. The lowest BCUT2D eigenvalue weighted by molar-refractivity contribution is -0.121. The summed E-state index contributed by atoms with van der Waals surface area (Å²) in [7, 11) is 0. The average molecular weight is 385 g/mol. The highest BCUT2D eigenvalue weighted by Gasteiger charge is 2.24. The number of rotatable bonds is 6. The summed E-state index contributed by atoms with van der Waals surface area (Å²) in [4.78, 5) is 20.9. The number of anilines is 1. The SMILES string of the molecule is CCC(=O)N[C@H]1CC[C@H](CCN2CCN(c3ccnc4occc34)CC2)CC1. The van der Waals surface area contributed by atoms with Crippen molar-refractivity contribution in [3.63, 3.8) is 0 Å². The summed E-state index contributed by atoms with van der Waals surface area (Å²) in [6.45, 7) is 7.46. The van der Waals surface area contributed by atoms with Crippen LogP contribution < -0.4 is 10.2 Å². The monoisotopic (exact) mass is 384 g/mol. The van der Waals surface area contributed by atoms with E-state index in [2.05, 4.69) is 26.2 Å². The topological polar surface area (TPSA) is 61.6 Å². The Morgan fingerprint density at radius 1 is 1.18 bits per heavy atom. The molecule has 1 saturated heterocycles. The third kappa shape index (κ3) is 4.49. The van der Waals surface area contributed by atoms with Gasteiger partial charge in [-0.25, -0.2) is 4.98 Å². The molecule has 4 rings (SSSR count). The Bertz CT molecular complexity index is 774. The summed E-state index contributed by atoms with van der Waals surface area (Å²) < 4.78 is 5.44. The molecule has 3 heterocycles. The van der Waals surface area contributed by atoms with E-state index in [9.17, 15) is 4.79 Å². The number of furan rings is 1. The van der Waals surface area contributed by atoms with Crippen molar-refractivity contribution in [2.24, 2.45) is 5.92 Å². The van der Waals surface area contributed by atoms with E-state index in [0.29, 0.717) is 12.5 Å². The van der Waals surface area contributed by atoms with Crippen LogP contribution in [0.15, 0.2) is 29.0 Å². The molecule has 2 aromatic heterocycles. The van der Waals surface area contributed by atoms with Gasteiger partial charge in [-0.3, -0.25) is 9.69 Å². The van der Waals surface area contributed by atoms with Crippen LogP contribution >= 0.6 is 0 Å². The molecule has 2 fully saturated rings. The van der Waals surface area contributed by atoms with E-state index in [1.54, 1.807) is 6.26 Å². The first-order valence-corrected chi connectivity index (χ1v) is 10.8. The second-order valence-electron chi connectivity index (χ2n) is 8.23. The van der Waals surface area contributed by atoms with Gasteiger partial charge in [0.05, 0.1) is 17.3 Å². The summed E-state index contributed by atoms with van der Waals surface area (Å²) in [5.41, 5.74) is 1.97. The Morgan fingerprint density at radius 2 is 1.96 bits per heavy atom. The lowest BCUT2D eigenvalue weighted by Crippen LogP contribution is -2.47. The summed E-state index contributed by atoms with van der Waals surface area (Å²) in [6, 6.07) is 4.53. The van der Waals surface area contributed by atoms with Crippen molar-refractivity contribution >= 4 is 22.7 Å². The smallest absolute Gasteiger partial charge is 0.227 e. The standard InChI is InChI=1S/C22H32N4O2/c1-2-21(27)24-18-5-3-17(4-6-18)8-11-25-12-14-26(15-13-25)20-7-10-23-22-19(20)9-16-28-22/h7,9-10,16-18H,2-6,8,11-15H2,1H3,(H,24,27)/t17-,18-. The highest BCUT2D eigenvalue weighted by molar-refractivity contribution is 5.88. The normalized spacial score (nSPS) is 23.8. The van der Waals surface area contributed by atoms with Crippen LogP contribution in [0.25, 0.3) is 11.1 Å². The van der Waals surface area contributed by atoms with Crippen molar-refractivity contribution in [2.45, 2.75) is 51.5 Å². The molecule has 0 aromatic carbocycles. The minimum atomic E-state index is 0.197. The molecular weight excluding hydrogens is 352 g/mol. The zero-order chi connectivity index (χ0) is 19.3. The van der Waals surface area contributed by atoms with Crippen LogP contribution in [0.2, 0.25) is 0 Å². The predicted molar refractivity (Wildman–Crippen MR) is 111 cm³/mol. The van der Waals surface area contributed by atoms with Gasteiger partial charge in [0.25, 0.3) is 0 Å². The van der Waals surface area contributed by atoms with Crippen LogP contribution in [-0.4, -0.2) is 54.6 Å². The molecule has 2 aliphatic rings. The van der Waals surface area contributed by atoms with Crippen molar-refractivity contribution < 1.29 is 9.21 Å². The van der Waals surface area contributed by atoms with E-state index < -0.39 is 0 Å². The average Bonchev–Trinajstić information content (AvgIpc) is 3.22. The van der Waals surface area contributed by atoms with Gasteiger partial charge in [0, 0.05) is 44.8 Å². The van der Waals surface area contributed by atoms with E-state index in [0.717, 1.165) is 56.0 Å². The number of nitrogens with zero attached hydrogens (tertiary/aromatic N) is 3. The molecule has 6 nitrogen and oxygen atoms in total. The molecule has 0 spiro atoms. The number of carbonyl (C=O) groups is 1. The van der Waals surface area contributed by atoms with E-state index >= 15 is 0 Å². The predicted octanol–water partition coefficient (Wildman–Crippen LogP) is 3.42. The van der Waals surface area contributed by atoms with Crippen molar-refractivity contribution in [3.8, 4) is 0 Å². The largest absolute Gasteiger partial charge is 0.446 e. The molecule has 0 unspecified atom stereocenters. The molecule has 28 heavy (non-hydrogen) atoms. The number of pyridine rings is 1. The summed E-state index contributed by atoms with van der Waals surface area (Å²) in [5, 5.41) is 4.27. The fourth-order valence-electron chi connectivity index (χ4n) is 4.64. The van der Waals surface area contributed by atoms with Gasteiger partial charge in [-0.2, -0.15) is 0 Å². The van der Waals surface area contributed by atoms with Crippen molar-refractivity contribution in [1.82, 2.24) is 15.2 Å². The molecule has 0 bridgehead atoms. The Labute approximate surface area is 167 Å². The second-order valence-corrected chi connectivity index (χ2v) is 8.23. The van der Waals surface area contributed by atoms with Gasteiger partial charge in [-0.15, -0.1) is 0 Å². The lowest BCUT2D eigenvalue weighted by atomic mass is 9.84. The molecule has 1 aliphatic carbocycles. The second kappa shape index (κ2) is 8.95. The van der Waals surface area contributed by atoms with Gasteiger partial charge < -0.3 is 14.6 Å². The van der Waals surface area contributed by atoms with Gasteiger partial charge in [0.15, 0.2) is 0 Å². The highest BCUT2D eigenvalue weighted by Crippen LogP contribution is 2.29. The molecule has 0 atom stereocenters. The Balaban J connectivity index is 1.19. The van der Waals surface area contributed by atoms with E-state index in [4.69, 9.17) is 4.42 Å². The van der Waals surface area contributed by atoms with Crippen LogP contribution in [-0.2, 0) is 4.79 Å². The first-order chi connectivity index (χ1) is 13.7. The van der Waals surface area contributed by atoms with Gasteiger partial charge in [-0.05, 0) is 56.7 Å². The van der Waals surface area contributed by atoms with E-state index in [1.165, 1.54) is 31.5 Å². The molecule has 1 aliphatic heterocycles. The van der Waals surface area contributed by atoms with E-state index in [1.807, 2.05) is 19.2 Å². The number of carbonyl (C=O) groups excluding carboxylic acids is 1. The molecule has 1 saturated carbocycles. The minimum absolute atomic E-state index is 0.197. The third-order valence-electron chi connectivity index (χ3n) is 6.44. The maximum atomic E-state index is 11.5. The van der Waals surface area contributed by atoms with Crippen molar-refractivity contribution in [2.75, 3.05) is 37.6 Å². The molecule has 1 amide bonds. The van der Waals surface area contributed by atoms with Crippen LogP contribution in [0.3, 0.4) is 0 Å². The van der Waals surface area contributed by atoms with Gasteiger partial charge >= 0.3 is 0 Å². The first-order valence-electron chi connectivity index (χ1n) is 10.8. The van der Waals surface area contributed by atoms with Gasteiger partial charge in [-0.1, -0.05) is 6.92 Å². The molecular formula is C22H32N4O2. The molecule has 0 radical (unpaired) electrons. The van der Waals surface area contributed by atoms with E-state index in [-0.39, 0.29) is 5.91 Å². The van der Waals surface area contributed by atoms with Crippen LogP contribution in [0, 0.1) is 5.92 Å². The Morgan fingerprint density at radius 3 is 2.71 bits per heavy atom. The fraction of sp³-hybridized carbons (Fsp3) is 0.636. The summed E-state index contributed by atoms with van der Waals surface area (Å²) >= 11 is 0. The number of hydrogen-bond acceptors (Lipinski definition) is 5. The van der Waals surface area contributed by atoms with Crippen LogP contribution in [0.1, 0.15) is 45.4 Å². The first kappa shape index (κ1) is 19.2. The van der Waals surface area contributed by atoms with Crippen LogP contribution in [0.4, 0.5) is 5.69 Å². The quantitative estimate of drug-likeness (QED) is 0.827. The number of nitrogens with one attached hydrogen (secondary N) is 1. The van der Waals surface area contributed by atoms with Crippen LogP contribution in [0.5, 0.6) is 0 Å². The van der Waals surface area contributed by atoms with Gasteiger partial charge in [0.1, 0.15) is 0 Å². The fourth-order valence-corrected chi connectivity index (χ4v) is 4.64. The summed E-state index contributed by atoms with van der Waals surface area (Å²) in [6.07, 6.45) is 10.2. The molecule has 152 valence electrons. The highest BCUT2D eigenvalue weighted by atomic mass is 16.3. The zero-order valence-corrected chi connectivity index (χ0v) is 16.9. The number of fused-ring (bicyclic) bond motifs is 1. The lowest BCUT2D eigenvalue weighted by Gasteiger charge is -2.37. The minimum Gasteiger partial charge on any atom is -0.446 e.